The van der Waals surface area contributed by atoms with Crippen LogP contribution < -0.4 is 11.2 Å². The topological polar surface area (TPSA) is 160 Å². The van der Waals surface area contributed by atoms with Gasteiger partial charge in [-0.2, -0.15) is 0 Å². The second kappa shape index (κ2) is 8.78. The van der Waals surface area contributed by atoms with Gasteiger partial charge in [0, 0.05) is 30.5 Å². The number of nitro groups is 1. The van der Waals surface area contributed by atoms with Crippen LogP contribution in [-0.2, 0) is 23.8 Å². The minimum Gasteiger partial charge on any atom is -0.466 e. The normalized spacial score (nSPS) is 24.0. The number of aromatic nitrogens is 2. The average molecular weight is 399 g/mol. The van der Waals surface area contributed by atoms with Gasteiger partial charge in [0.1, 0.15) is 12.8 Å². The Morgan fingerprint density at radius 2 is 1.93 bits per heavy atom. The van der Waals surface area contributed by atoms with Gasteiger partial charge in [0.25, 0.3) is 5.56 Å². The molecule has 12 nitrogen and oxygen atoms in total. The summed E-state index contributed by atoms with van der Waals surface area (Å²) in [5.74, 6) is -2.07. The lowest BCUT2D eigenvalue weighted by atomic mass is 9.94. The van der Waals surface area contributed by atoms with Crippen molar-refractivity contribution < 1.29 is 28.7 Å². The van der Waals surface area contributed by atoms with Gasteiger partial charge in [-0.25, -0.2) is 4.79 Å². The Labute approximate surface area is 158 Å². The van der Waals surface area contributed by atoms with Gasteiger partial charge in [0.05, 0.1) is 12.5 Å². The molecule has 0 aliphatic carbocycles. The number of hydrogen-bond acceptors (Lipinski definition) is 9. The maximum absolute atomic E-state index is 12.2. The molecule has 12 heteroatoms. The third kappa shape index (κ3) is 4.82. The Balaban J connectivity index is 2.41. The number of carbonyl (C=O) groups excluding carboxylic acids is 2. The van der Waals surface area contributed by atoms with E-state index in [1.54, 1.807) is 0 Å². The summed E-state index contributed by atoms with van der Waals surface area (Å²) in [4.78, 5) is 59.2. The molecule has 0 amide bonds. The van der Waals surface area contributed by atoms with Crippen molar-refractivity contribution in [2.75, 3.05) is 13.2 Å². The molecule has 154 valence electrons. The summed E-state index contributed by atoms with van der Waals surface area (Å²) < 4.78 is 16.5. The lowest BCUT2D eigenvalue weighted by Crippen LogP contribution is -2.39. The number of aryl methyl sites for hydroxylation is 1. The van der Waals surface area contributed by atoms with E-state index in [9.17, 15) is 29.3 Å². The van der Waals surface area contributed by atoms with Gasteiger partial charge in [0.15, 0.2) is 6.10 Å². The van der Waals surface area contributed by atoms with Gasteiger partial charge in [-0.15, -0.1) is 0 Å². The molecule has 1 aromatic rings. The maximum Gasteiger partial charge on any atom is 0.330 e. The molecule has 4 atom stereocenters. The Hall–Kier alpha value is -3.02. The number of hydrogen-bond donors (Lipinski definition) is 1. The smallest absolute Gasteiger partial charge is 0.330 e. The molecule has 0 bridgehead atoms. The third-order valence-electron chi connectivity index (χ3n) is 4.37. The minimum absolute atomic E-state index is 0.0249. The highest BCUT2D eigenvalue weighted by atomic mass is 16.6. The van der Waals surface area contributed by atoms with Gasteiger partial charge in [0.2, 0.25) is 6.04 Å². The Morgan fingerprint density at radius 1 is 1.29 bits per heavy atom. The highest BCUT2D eigenvalue weighted by molar-refractivity contribution is 5.66. The largest absolute Gasteiger partial charge is 0.466 e. The van der Waals surface area contributed by atoms with Crippen LogP contribution >= 0.6 is 0 Å². The quantitative estimate of drug-likeness (QED) is 0.363. The van der Waals surface area contributed by atoms with E-state index in [1.165, 1.54) is 20.0 Å². The van der Waals surface area contributed by atoms with Crippen LogP contribution in [0.25, 0.3) is 0 Å². The van der Waals surface area contributed by atoms with E-state index in [1.807, 2.05) is 0 Å². The maximum atomic E-state index is 12.2. The summed E-state index contributed by atoms with van der Waals surface area (Å²) in [7, 11) is 0. The molecule has 0 spiro atoms. The molecule has 0 aromatic carbocycles. The summed E-state index contributed by atoms with van der Waals surface area (Å²) in [5, 5.41) is 11.7. The fourth-order valence-electron chi connectivity index (χ4n) is 3.13. The SMILES string of the molecule is CC(=O)OCC[C@@H]1[C@@H]([N+](=O)[O-])[C@@H](COC(C)=O)O[C@H]1n1cc(C)c(=O)[nH]c1=O. The zero-order valence-electron chi connectivity index (χ0n) is 15.6. The molecule has 2 heterocycles. The first kappa shape index (κ1) is 21.3. The fourth-order valence-corrected chi connectivity index (χ4v) is 3.13. The van der Waals surface area contributed by atoms with Crippen molar-refractivity contribution in [2.45, 2.75) is 45.6 Å². The van der Waals surface area contributed by atoms with Crippen LogP contribution in [0.1, 0.15) is 32.1 Å². The van der Waals surface area contributed by atoms with E-state index in [4.69, 9.17) is 14.2 Å². The minimum atomic E-state index is -1.32. The monoisotopic (exact) mass is 399 g/mol. The molecule has 1 fully saturated rings. The number of esters is 2. The molecular weight excluding hydrogens is 378 g/mol. The van der Waals surface area contributed by atoms with Crippen LogP contribution in [-0.4, -0.2) is 51.8 Å². The summed E-state index contributed by atoms with van der Waals surface area (Å²) in [6.45, 7) is 3.33. The zero-order valence-corrected chi connectivity index (χ0v) is 15.6. The molecule has 1 aliphatic rings. The van der Waals surface area contributed by atoms with Crippen LogP contribution in [0.4, 0.5) is 0 Å². The van der Waals surface area contributed by atoms with Crippen molar-refractivity contribution in [3.05, 3.63) is 42.7 Å². The van der Waals surface area contributed by atoms with Crippen molar-refractivity contribution in [3.8, 4) is 0 Å². The van der Waals surface area contributed by atoms with Crippen LogP contribution in [0.2, 0.25) is 0 Å². The fraction of sp³-hybridized carbons (Fsp3) is 0.625. The molecule has 28 heavy (non-hydrogen) atoms. The molecule has 0 unspecified atom stereocenters. The average Bonchev–Trinajstić information content (AvgIpc) is 2.94. The number of H-pyrrole nitrogens is 1. The predicted octanol–water partition coefficient (Wildman–Crippen LogP) is -0.480. The number of ether oxygens (including phenoxy) is 3. The standard InChI is InChI=1S/C16H21N3O9/c1-8-6-18(16(23)17-14(8)22)15-11(4-5-26-9(2)20)13(19(24)25)12(28-15)7-27-10(3)21/h6,11-13,15H,4-5,7H2,1-3H3,(H,17,22,23)/t11-,12-,13-,15-/m1/s1. The number of carbonyl (C=O) groups is 2. The Morgan fingerprint density at radius 3 is 2.50 bits per heavy atom. The van der Waals surface area contributed by atoms with Crippen LogP contribution in [0.15, 0.2) is 15.8 Å². The number of rotatable bonds is 7. The van der Waals surface area contributed by atoms with Crippen molar-refractivity contribution in [1.29, 1.82) is 0 Å². The van der Waals surface area contributed by atoms with E-state index in [0.717, 1.165) is 11.5 Å². The third-order valence-corrected chi connectivity index (χ3v) is 4.37. The summed E-state index contributed by atoms with van der Waals surface area (Å²) in [5.41, 5.74) is -1.17. The van der Waals surface area contributed by atoms with E-state index in [-0.39, 0.29) is 25.2 Å². The van der Waals surface area contributed by atoms with E-state index in [2.05, 4.69) is 4.98 Å². The second-order valence-electron chi connectivity index (χ2n) is 6.41. The first-order valence-electron chi connectivity index (χ1n) is 8.49. The molecule has 2 rings (SSSR count). The molecular formula is C16H21N3O9. The van der Waals surface area contributed by atoms with Gasteiger partial charge in [-0.05, 0) is 13.3 Å². The van der Waals surface area contributed by atoms with E-state index < -0.39 is 52.4 Å². The molecule has 1 N–H and O–H groups in total. The summed E-state index contributed by atoms with van der Waals surface area (Å²) in [6.07, 6.45) is -0.965. The van der Waals surface area contributed by atoms with E-state index >= 15 is 0 Å². The van der Waals surface area contributed by atoms with Crippen LogP contribution in [0, 0.1) is 23.0 Å². The van der Waals surface area contributed by atoms with Gasteiger partial charge < -0.3 is 14.2 Å². The van der Waals surface area contributed by atoms with Crippen LogP contribution in [0.5, 0.6) is 0 Å². The second-order valence-corrected chi connectivity index (χ2v) is 6.41. The Kier molecular flexibility index (Phi) is 6.67. The van der Waals surface area contributed by atoms with Gasteiger partial charge in [-0.1, -0.05) is 0 Å². The Bertz CT molecular complexity index is 875. The summed E-state index contributed by atoms with van der Waals surface area (Å²) in [6, 6.07) is -1.32. The molecule has 1 saturated heterocycles. The zero-order chi connectivity index (χ0) is 21.0. The predicted molar refractivity (Wildman–Crippen MR) is 92.1 cm³/mol. The van der Waals surface area contributed by atoms with Crippen molar-refractivity contribution in [3.63, 3.8) is 0 Å². The van der Waals surface area contributed by atoms with Gasteiger partial charge in [-0.3, -0.25) is 34.0 Å². The summed E-state index contributed by atoms with van der Waals surface area (Å²) >= 11 is 0. The molecule has 1 aromatic heterocycles. The number of nitrogens with zero attached hydrogens (tertiary/aromatic N) is 2. The van der Waals surface area contributed by atoms with Crippen LogP contribution in [0.3, 0.4) is 0 Å². The highest BCUT2D eigenvalue weighted by Crippen LogP contribution is 2.38. The lowest BCUT2D eigenvalue weighted by molar-refractivity contribution is -0.535. The number of nitrogens with one attached hydrogen (secondary N) is 1. The van der Waals surface area contributed by atoms with Crippen molar-refractivity contribution in [2.24, 2.45) is 5.92 Å². The first-order chi connectivity index (χ1) is 13.1. The molecule has 0 radical (unpaired) electrons. The molecule has 0 saturated carbocycles. The first-order valence-corrected chi connectivity index (χ1v) is 8.49. The van der Waals surface area contributed by atoms with Gasteiger partial charge >= 0.3 is 17.6 Å². The van der Waals surface area contributed by atoms with Crippen molar-refractivity contribution >= 4 is 11.9 Å². The van der Waals surface area contributed by atoms with E-state index in [0.29, 0.717) is 0 Å². The number of aromatic amines is 1. The van der Waals surface area contributed by atoms with Crippen molar-refractivity contribution in [1.82, 2.24) is 9.55 Å². The lowest BCUT2D eigenvalue weighted by Gasteiger charge is -2.20. The molecule has 1 aliphatic heterocycles. The highest BCUT2D eigenvalue weighted by Gasteiger charge is 2.53.